The Labute approximate surface area is 193 Å². The molecular formula is C24H31N5O2S. The summed E-state index contributed by atoms with van der Waals surface area (Å²) in [5, 5.41) is 19.1. The minimum atomic E-state index is -0.889. The van der Waals surface area contributed by atoms with Crippen LogP contribution >= 0.6 is 11.8 Å². The van der Waals surface area contributed by atoms with Crippen molar-refractivity contribution in [2.75, 3.05) is 11.9 Å². The molecule has 1 aliphatic carbocycles. The monoisotopic (exact) mass is 453 g/mol. The number of anilines is 1. The highest BCUT2D eigenvalue weighted by molar-refractivity contribution is 8.05. The van der Waals surface area contributed by atoms with Crippen LogP contribution in [0.15, 0.2) is 41.4 Å². The fraction of sp³-hybridized carbons (Fsp3) is 0.458. The molecule has 1 amide bonds. The third-order valence-electron chi connectivity index (χ3n) is 5.93. The zero-order valence-corrected chi connectivity index (χ0v) is 19.2. The van der Waals surface area contributed by atoms with Gasteiger partial charge in [0.1, 0.15) is 0 Å². The van der Waals surface area contributed by atoms with Crippen LogP contribution in [0.3, 0.4) is 0 Å². The summed E-state index contributed by atoms with van der Waals surface area (Å²) in [6.45, 7) is 3.18. The minimum Gasteiger partial charge on any atom is -0.364 e. The summed E-state index contributed by atoms with van der Waals surface area (Å²) in [6.07, 6.45) is 10.1. The fourth-order valence-corrected chi connectivity index (χ4v) is 4.88. The molecule has 0 spiro atoms. The van der Waals surface area contributed by atoms with Crippen LogP contribution in [0, 0.1) is 6.92 Å². The lowest BCUT2D eigenvalue weighted by Crippen LogP contribution is -2.37. The number of aromatic nitrogens is 2. The molecule has 7 nitrogen and oxygen atoms in total. The number of thioether (sulfide) groups is 1. The molecule has 1 atom stereocenters. The molecule has 4 N–H and O–H groups in total. The highest BCUT2D eigenvalue weighted by Gasteiger charge is 2.25. The van der Waals surface area contributed by atoms with Gasteiger partial charge < -0.3 is 21.1 Å². The van der Waals surface area contributed by atoms with E-state index in [4.69, 9.17) is 0 Å². The summed E-state index contributed by atoms with van der Waals surface area (Å²) in [4.78, 5) is 21.1. The molecule has 1 aliphatic heterocycles. The molecule has 0 radical (unpaired) electrons. The number of amides is 1. The number of nitrogens with zero attached hydrogens (tertiary/aromatic N) is 2. The Morgan fingerprint density at radius 1 is 1.16 bits per heavy atom. The molecule has 1 unspecified atom stereocenters. The van der Waals surface area contributed by atoms with Gasteiger partial charge in [0.25, 0.3) is 5.91 Å². The number of carbonyl (C=O) groups excluding carboxylic acids is 1. The third kappa shape index (κ3) is 6.54. The van der Waals surface area contributed by atoms with Crippen LogP contribution in [0.5, 0.6) is 0 Å². The zero-order chi connectivity index (χ0) is 22.3. The van der Waals surface area contributed by atoms with Crippen LogP contribution in [-0.4, -0.2) is 45.2 Å². The molecule has 4 rings (SSSR count). The first-order valence-corrected chi connectivity index (χ1v) is 12.2. The second kappa shape index (κ2) is 10.9. The first-order chi connectivity index (χ1) is 15.5. The lowest BCUT2D eigenvalue weighted by molar-refractivity contribution is -0.117. The van der Waals surface area contributed by atoms with Crippen molar-refractivity contribution in [1.29, 1.82) is 0 Å². The first-order valence-electron chi connectivity index (χ1n) is 11.3. The van der Waals surface area contributed by atoms with E-state index in [1.807, 2.05) is 0 Å². The maximum absolute atomic E-state index is 11.8. The normalized spacial score (nSPS) is 24.5. The molecular weight excluding hydrogens is 422 g/mol. The van der Waals surface area contributed by atoms with E-state index < -0.39 is 5.56 Å². The lowest BCUT2D eigenvalue weighted by Gasteiger charge is -2.29. The zero-order valence-electron chi connectivity index (χ0n) is 18.4. The Morgan fingerprint density at radius 2 is 1.91 bits per heavy atom. The number of carbonyl (C=O) groups is 1. The van der Waals surface area contributed by atoms with Crippen LogP contribution in [-0.2, 0) is 11.2 Å². The van der Waals surface area contributed by atoms with E-state index in [0.717, 1.165) is 56.8 Å². The SMILES string of the molecule is Cc1ccc(CCCNC2CCC(Nc3nccc(/C=C4\SC(O)NC4=O)n3)CC2)cc1. The summed E-state index contributed by atoms with van der Waals surface area (Å²) in [6, 6.07) is 11.5. The molecule has 2 heterocycles. The number of hydrogen-bond donors (Lipinski definition) is 4. The summed E-state index contributed by atoms with van der Waals surface area (Å²) in [7, 11) is 0. The van der Waals surface area contributed by atoms with Gasteiger partial charge in [0.05, 0.1) is 10.6 Å². The molecule has 1 saturated heterocycles. The van der Waals surface area contributed by atoms with Gasteiger partial charge in [-0.3, -0.25) is 4.79 Å². The molecule has 32 heavy (non-hydrogen) atoms. The van der Waals surface area contributed by atoms with Gasteiger partial charge in [-0.25, -0.2) is 9.97 Å². The fourth-order valence-electron chi connectivity index (χ4n) is 4.12. The predicted molar refractivity (Wildman–Crippen MR) is 129 cm³/mol. The van der Waals surface area contributed by atoms with E-state index in [9.17, 15) is 9.90 Å². The molecule has 2 aromatic rings. The quantitative estimate of drug-likeness (QED) is 0.360. The van der Waals surface area contributed by atoms with Crippen LogP contribution in [0.25, 0.3) is 6.08 Å². The van der Waals surface area contributed by atoms with Crippen molar-refractivity contribution in [3.63, 3.8) is 0 Å². The lowest BCUT2D eigenvalue weighted by atomic mass is 9.91. The maximum Gasteiger partial charge on any atom is 0.260 e. The van der Waals surface area contributed by atoms with Gasteiger partial charge in [0, 0.05) is 18.3 Å². The van der Waals surface area contributed by atoms with Gasteiger partial charge in [-0.1, -0.05) is 41.6 Å². The second-order valence-electron chi connectivity index (χ2n) is 8.49. The summed E-state index contributed by atoms with van der Waals surface area (Å²) in [5.41, 5.74) is 2.48. The van der Waals surface area contributed by atoms with E-state index in [2.05, 4.69) is 57.1 Å². The van der Waals surface area contributed by atoms with Crippen LogP contribution in [0.1, 0.15) is 48.9 Å². The summed E-state index contributed by atoms with van der Waals surface area (Å²) >= 11 is 1.09. The Morgan fingerprint density at radius 3 is 2.62 bits per heavy atom. The van der Waals surface area contributed by atoms with E-state index in [0.29, 0.717) is 28.6 Å². The first kappa shape index (κ1) is 22.8. The number of nitrogens with one attached hydrogen (secondary N) is 3. The van der Waals surface area contributed by atoms with Gasteiger partial charge in [-0.05, 0) is 69.7 Å². The summed E-state index contributed by atoms with van der Waals surface area (Å²) < 4.78 is 0. The predicted octanol–water partition coefficient (Wildman–Crippen LogP) is 3.21. The largest absolute Gasteiger partial charge is 0.364 e. The highest BCUT2D eigenvalue weighted by Crippen LogP contribution is 2.27. The Kier molecular flexibility index (Phi) is 7.78. The topological polar surface area (TPSA) is 99.2 Å². The molecule has 8 heteroatoms. The van der Waals surface area contributed by atoms with Crippen LogP contribution in [0.2, 0.25) is 0 Å². The molecule has 0 bridgehead atoms. The van der Waals surface area contributed by atoms with Crippen molar-refractivity contribution in [2.24, 2.45) is 0 Å². The average Bonchev–Trinajstić information content (AvgIpc) is 3.10. The number of rotatable bonds is 8. The van der Waals surface area contributed by atoms with Gasteiger partial charge in [0.2, 0.25) is 5.95 Å². The molecule has 1 aromatic carbocycles. The van der Waals surface area contributed by atoms with Crippen LogP contribution in [0.4, 0.5) is 5.95 Å². The standard InChI is InChI=1S/C24H31N5O2S/c1-16-4-6-17(7-5-16)3-2-13-25-18-8-10-19(11-9-18)27-23-26-14-12-20(28-23)15-21-22(30)29-24(31)32-21/h4-7,12,14-15,18-19,24-25,31H,2-3,8-11,13H2,1H3,(H,29,30)(H,26,27,28)/b21-15-. The average molecular weight is 454 g/mol. The van der Waals surface area contributed by atoms with Gasteiger partial charge in [0.15, 0.2) is 5.56 Å². The van der Waals surface area contributed by atoms with Crippen molar-refractivity contribution >= 4 is 29.7 Å². The second-order valence-corrected chi connectivity index (χ2v) is 9.62. The van der Waals surface area contributed by atoms with E-state index in [1.165, 1.54) is 11.1 Å². The Balaban J connectivity index is 1.18. The molecule has 1 saturated carbocycles. The Hall–Kier alpha value is -2.42. The third-order valence-corrected chi connectivity index (χ3v) is 6.83. The number of aliphatic hydroxyl groups excluding tert-OH is 1. The van der Waals surface area contributed by atoms with Crippen LogP contribution < -0.4 is 16.0 Å². The van der Waals surface area contributed by atoms with Gasteiger partial charge in [-0.2, -0.15) is 0 Å². The molecule has 2 aliphatic rings. The molecule has 170 valence electrons. The maximum atomic E-state index is 11.8. The van der Waals surface area contributed by atoms with Crippen molar-refractivity contribution in [3.8, 4) is 0 Å². The van der Waals surface area contributed by atoms with Crippen molar-refractivity contribution in [1.82, 2.24) is 20.6 Å². The van der Waals surface area contributed by atoms with E-state index >= 15 is 0 Å². The van der Waals surface area contributed by atoms with Gasteiger partial charge >= 0.3 is 0 Å². The highest BCUT2D eigenvalue weighted by atomic mass is 32.2. The Bertz CT molecular complexity index is 942. The molecule has 2 fully saturated rings. The summed E-state index contributed by atoms with van der Waals surface area (Å²) in [5.74, 6) is 0.304. The molecule has 1 aromatic heterocycles. The minimum absolute atomic E-state index is 0.277. The van der Waals surface area contributed by atoms with Crippen molar-refractivity contribution in [3.05, 3.63) is 58.3 Å². The smallest absolute Gasteiger partial charge is 0.260 e. The van der Waals surface area contributed by atoms with Gasteiger partial charge in [-0.15, -0.1) is 0 Å². The van der Waals surface area contributed by atoms with Crippen molar-refractivity contribution in [2.45, 2.75) is 63.1 Å². The number of aryl methyl sites for hydroxylation is 2. The number of aliphatic hydroxyl groups is 1. The van der Waals surface area contributed by atoms with Crippen molar-refractivity contribution < 1.29 is 9.90 Å². The number of hydrogen-bond acceptors (Lipinski definition) is 7. The van der Waals surface area contributed by atoms with E-state index in [-0.39, 0.29) is 5.91 Å². The van der Waals surface area contributed by atoms with E-state index in [1.54, 1.807) is 18.3 Å². The number of benzene rings is 1.